The third kappa shape index (κ3) is 5.33. The summed E-state index contributed by atoms with van der Waals surface area (Å²) < 4.78 is 25.5. The van der Waals surface area contributed by atoms with Gasteiger partial charge in [0.1, 0.15) is 0 Å². The molecule has 1 heterocycles. The summed E-state index contributed by atoms with van der Waals surface area (Å²) in [6.45, 7) is 6.90. The van der Waals surface area contributed by atoms with Gasteiger partial charge in [-0.25, -0.2) is 8.42 Å². The van der Waals surface area contributed by atoms with Gasteiger partial charge in [-0.3, -0.25) is 9.10 Å². The van der Waals surface area contributed by atoms with Gasteiger partial charge in [0.25, 0.3) is 5.91 Å². The lowest BCUT2D eigenvalue weighted by atomic mass is 9.90. The highest BCUT2D eigenvalue weighted by atomic mass is 35.5. The van der Waals surface area contributed by atoms with Crippen LogP contribution in [0.4, 0.5) is 5.69 Å². The Bertz CT molecular complexity index is 709. The smallest absolute Gasteiger partial charge is 0.251 e. The van der Waals surface area contributed by atoms with Crippen LogP contribution in [-0.4, -0.2) is 38.7 Å². The highest BCUT2D eigenvalue weighted by Crippen LogP contribution is 2.25. The number of nitrogens with zero attached hydrogens (tertiary/aromatic N) is 1. The van der Waals surface area contributed by atoms with Gasteiger partial charge in [0.2, 0.25) is 10.0 Å². The van der Waals surface area contributed by atoms with Crippen LogP contribution < -0.4 is 15.4 Å². The number of carbonyl (C=O) groups is 1. The van der Waals surface area contributed by atoms with Crippen molar-refractivity contribution in [2.24, 2.45) is 11.7 Å². The number of amides is 1. The molecule has 0 bridgehead atoms. The standard InChI is InChI=1S/C17H27N3O3S.ClH/c1-13(2)11-17(3,12-18)19-16(21)14-6-4-7-15(10-14)20-8-5-9-24(20,22)23;/h4,6-7,10,13H,5,8-9,11-12,18H2,1-3H3,(H,19,21);1H. The summed E-state index contributed by atoms with van der Waals surface area (Å²) in [4.78, 5) is 12.6. The van der Waals surface area contributed by atoms with E-state index in [0.29, 0.717) is 36.7 Å². The monoisotopic (exact) mass is 389 g/mol. The summed E-state index contributed by atoms with van der Waals surface area (Å²) in [7, 11) is -3.26. The van der Waals surface area contributed by atoms with Crippen molar-refractivity contribution >= 4 is 34.0 Å². The van der Waals surface area contributed by atoms with Gasteiger partial charge in [-0.2, -0.15) is 0 Å². The summed E-state index contributed by atoms with van der Waals surface area (Å²) in [6, 6.07) is 6.74. The van der Waals surface area contributed by atoms with Crippen LogP contribution in [0, 0.1) is 5.92 Å². The number of hydrogen-bond acceptors (Lipinski definition) is 4. The topological polar surface area (TPSA) is 92.5 Å². The second kappa shape index (κ2) is 8.38. The number of rotatable bonds is 6. The number of nitrogens with two attached hydrogens (primary N) is 1. The Balaban J connectivity index is 0.00000312. The number of sulfonamides is 1. The van der Waals surface area contributed by atoms with Crippen LogP contribution >= 0.6 is 12.4 Å². The SMILES string of the molecule is CC(C)CC(C)(CN)NC(=O)c1cccc(N2CCCS2(=O)=O)c1.Cl. The van der Waals surface area contributed by atoms with E-state index in [9.17, 15) is 13.2 Å². The van der Waals surface area contributed by atoms with E-state index in [1.54, 1.807) is 24.3 Å². The molecule has 1 aromatic carbocycles. The van der Waals surface area contributed by atoms with E-state index in [4.69, 9.17) is 5.73 Å². The van der Waals surface area contributed by atoms with E-state index in [2.05, 4.69) is 19.2 Å². The van der Waals surface area contributed by atoms with Crippen LogP contribution in [0.5, 0.6) is 0 Å². The van der Waals surface area contributed by atoms with Crippen molar-refractivity contribution in [3.8, 4) is 0 Å². The molecule has 1 amide bonds. The highest BCUT2D eigenvalue weighted by molar-refractivity contribution is 7.93. The first-order chi connectivity index (χ1) is 11.2. The number of carbonyl (C=O) groups excluding carboxylic acids is 1. The van der Waals surface area contributed by atoms with E-state index in [0.717, 1.165) is 6.42 Å². The zero-order chi connectivity index (χ0) is 18.0. The van der Waals surface area contributed by atoms with Crippen LogP contribution in [0.3, 0.4) is 0 Å². The van der Waals surface area contributed by atoms with Gasteiger partial charge in [0.05, 0.1) is 11.4 Å². The Hall–Kier alpha value is -1.31. The lowest BCUT2D eigenvalue weighted by Crippen LogP contribution is -2.52. The molecular formula is C17H28ClN3O3S. The van der Waals surface area contributed by atoms with Gasteiger partial charge in [0, 0.05) is 24.2 Å². The summed E-state index contributed by atoms with van der Waals surface area (Å²) in [5.74, 6) is 0.324. The number of hydrogen-bond donors (Lipinski definition) is 2. The molecule has 0 aliphatic carbocycles. The van der Waals surface area contributed by atoms with Crippen molar-refractivity contribution < 1.29 is 13.2 Å². The fraction of sp³-hybridized carbons (Fsp3) is 0.588. The molecule has 1 unspecified atom stereocenters. The molecular weight excluding hydrogens is 362 g/mol. The van der Waals surface area contributed by atoms with Gasteiger partial charge in [0.15, 0.2) is 0 Å². The minimum absolute atomic E-state index is 0. The van der Waals surface area contributed by atoms with Crippen molar-refractivity contribution in [1.82, 2.24) is 5.32 Å². The average Bonchev–Trinajstić information content (AvgIpc) is 2.86. The van der Waals surface area contributed by atoms with Crippen molar-refractivity contribution in [1.29, 1.82) is 0 Å². The van der Waals surface area contributed by atoms with Crippen molar-refractivity contribution in [3.05, 3.63) is 29.8 Å². The van der Waals surface area contributed by atoms with Crippen LogP contribution in [0.25, 0.3) is 0 Å². The van der Waals surface area contributed by atoms with E-state index in [1.807, 2.05) is 6.92 Å². The zero-order valence-electron chi connectivity index (χ0n) is 15.0. The minimum atomic E-state index is -3.26. The summed E-state index contributed by atoms with van der Waals surface area (Å²) in [5.41, 5.74) is 6.34. The summed E-state index contributed by atoms with van der Waals surface area (Å²) >= 11 is 0. The second-order valence-corrected chi connectivity index (χ2v) is 9.12. The maximum atomic E-state index is 12.6. The fourth-order valence-electron chi connectivity index (χ4n) is 3.16. The number of benzene rings is 1. The van der Waals surface area contributed by atoms with Crippen LogP contribution in [0.15, 0.2) is 24.3 Å². The molecule has 0 saturated carbocycles. The van der Waals surface area contributed by atoms with Crippen molar-refractivity contribution in [2.75, 3.05) is 23.1 Å². The van der Waals surface area contributed by atoms with E-state index < -0.39 is 15.6 Å². The average molecular weight is 390 g/mol. The normalized spacial score (nSPS) is 18.5. The molecule has 0 radical (unpaired) electrons. The molecule has 0 aromatic heterocycles. The van der Waals surface area contributed by atoms with E-state index in [1.165, 1.54) is 4.31 Å². The minimum Gasteiger partial charge on any atom is -0.346 e. The van der Waals surface area contributed by atoms with Crippen LogP contribution in [-0.2, 0) is 10.0 Å². The Morgan fingerprint density at radius 3 is 2.60 bits per heavy atom. The van der Waals surface area contributed by atoms with Gasteiger partial charge in [-0.15, -0.1) is 12.4 Å². The third-order valence-electron chi connectivity index (χ3n) is 4.22. The lowest BCUT2D eigenvalue weighted by Gasteiger charge is -2.31. The fourth-order valence-corrected chi connectivity index (χ4v) is 4.72. The first kappa shape index (κ1) is 21.7. The maximum absolute atomic E-state index is 12.6. The number of nitrogens with one attached hydrogen (secondary N) is 1. The molecule has 1 atom stereocenters. The molecule has 1 fully saturated rings. The van der Waals surface area contributed by atoms with Gasteiger partial charge >= 0.3 is 0 Å². The van der Waals surface area contributed by atoms with Crippen LogP contribution in [0.1, 0.15) is 44.0 Å². The highest BCUT2D eigenvalue weighted by Gasteiger charge is 2.30. The molecule has 8 heteroatoms. The Kier molecular flexibility index (Phi) is 7.28. The van der Waals surface area contributed by atoms with Gasteiger partial charge < -0.3 is 11.1 Å². The molecule has 3 N–H and O–H groups in total. The Labute approximate surface area is 156 Å². The van der Waals surface area contributed by atoms with Crippen molar-refractivity contribution in [3.63, 3.8) is 0 Å². The molecule has 1 aliphatic heterocycles. The van der Waals surface area contributed by atoms with Gasteiger partial charge in [-0.05, 0) is 43.9 Å². The predicted molar refractivity (Wildman–Crippen MR) is 104 cm³/mol. The maximum Gasteiger partial charge on any atom is 0.251 e. The van der Waals surface area contributed by atoms with Crippen molar-refractivity contribution in [2.45, 2.75) is 39.2 Å². The first-order valence-electron chi connectivity index (χ1n) is 8.30. The van der Waals surface area contributed by atoms with Crippen LogP contribution in [0.2, 0.25) is 0 Å². The number of halogens is 1. The molecule has 142 valence electrons. The van der Waals surface area contributed by atoms with Gasteiger partial charge in [-0.1, -0.05) is 19.9 Å². The molecule has 6 nitrogen and oxygen atoms in total. The predicted octanol–water partition coefficient (Wildman–Crippen LogP) is 2.14. The summed E-state index contributed by atoms with van der Waals surface area (Å²) in [5, 5.41) is 3.00. The summed E-state index contributed by atoms with van der Waals surface area (Å²) in [6.07, 6.45) is 1.38. The number of anilines is 1. The molecule has 0 spiro atoms. The molecule has 1 aromatic rings. The third-order valence-corrected chi connectivity index (χ3v) is 6.09. The first-order valence-corrected chi connectivity index (χ1v) is 9.91. The zero-order valence-corrected chi connectivity index (χ0v) is 16.6. The quantitative estimate of drug-likeness (QED) is 0.779. The molecule has 2 rings (SSSR count). The van der Waals surface area contributed by atoms with E-state index in [-0.39, 0.29) is 24.1 Å². The molecule has 1 aliphatic rings. The van der Waals surface area contributed by atoms with E-state index >= 15 is 0 Å². The Morgan fingerprint density at radius 1 is 1.40 bits per heavy atom. The largest absolute Gasteiger partial charge is 0.346 e. The Morgan fingerprint density at radius 2 is 2.08 bits per heavy atom. The second-order valence-electron chi connectivity index (χ2n) is 7.11. The molecule has 25 heavy (non-hydrogen) atoms. The lowest BCUT2D eigenvalue weighted by molar-refractivity contribution is 0.0898. The molecule has 1 saturated heterocycles.